The molecule has 1 amide bonds. The van der Waals surface area contributed by atoms with Crippen molar-refractivity contribution in [2.75, 3.05) is 10.6 Å². The van der Waals surface area contributed by atoms with E-state index in [4.69, 9.17) is 0 Å². The molecule has 0 aliphatic carbocycles. The van der Waals surface area contributed by atoms with E-state index in [0.29, 0.717) is 0 Å². The zero-order valence-electron chi connectivity index (χ0n) is 14.0. The van der Waals surface area contributed by atoms with E-state index in [1.54, 1.807) is 0 Å². The summed E-state index contributed by atoms with van der Waals surface area (Å²) in [6, 6.07) is 10.4. The van der Waals surface area contributed by atoms with Crippen molar-refractivity contribution in [3.63, 3.8) is 0 Å². The van der Waals surface area contributed by atoms with Gasteiger partial charge in [0.1, 0.15) is 23.1 Å². The first-order valence-corrected chi connectivity index (χ1v) is 7.90. The van der Waals surface area contributed by atoms with Crippen LogP contribution >= 0.6 is 0 Å². The zero-order chi connectivity index (χ0) is 20.3. The van der Waals surface area contributed by atoms with Crippen LogP contribution in [-0.4, -0.2) is 10.9 Å². The highest BCUT2D eigenvalue weighted by molar-refractivity contribution is 6.04. The van der Waals surface area contributed by atoms with E-state index in [9.17, 15) is 26.7 Å². The van der Waals surface area contributed by atoms with Gasteiger partial charge in [-0.2, -0.15) is 13.2 Å². The third-order valence-corrected chi connectivity index (χ3v) is 3.72. The summed E-state index contributed by atoms with van der Waals surface area (Å²) in [7, 11) is 0. The number of aromatic nitrogens is 1. The summed E-state index contributed by atoms with van der Waals surface area (Å²) < 4.78 is 66.2. The Morgan fingerprint density at radius 1 is 0.893 bits per heavy atom. The van der Waals surface area contributed by atoms with Gasteiger partial charge in [0.05, 0.1) is 16.8 Å². The van der Waals surface area contributed by atoms with Gasteiger partial charge in [0.2, 0.25) is 0 Å². The number of rotatable bonds is 4. The fourth-order valence-electron chi connectivity index (χ4n) is 2.38. The van der Waals surface area contributed by atoms with E-state index < -0.39 is 40.7 Å². The summed E-state index contributed by atoms with van der Waals surface area (Å²) in [5.41, 5.74) is -1.82. The topological polar surface area (TPSA) is 54.0 Å². The van der Waals surface area contributed by atoms with Crippen molar-refractivity contribution in [3.8, 4) is 0 Å². The maximum Gasteiger partial charge on any atom is 0.418 e. The Kier molecular flexibility index (Phi) is 5.25. The van der Waals surface area contributed by atoms with Crippen LogP contribution in [0.3, 0.4) is 0 Å². The van der Waals surface area contributed by atoms with Gasteiger partial charge in [-0.3, -0.25) is 4.79 Å². The third-order valence-electron chi connectivity index (χ3n) is 3.72. The van der Waals surface area contributed by atoms with E-state index >= 15 is 0 Å². The first-order valence-electron chi connectivity index (χ1n) is 7.90. The summed E-state index contributed by atoms with van der Waals surface area (Å²) >= 11 is 0. The first-order chi connectivity index (χ1) is 13.3. The summed E-state index contributed by atoms with van der Waals surface area (Å²) in [6.45, 7) is 0. The monoisotopic (exact) mass is 393 g/mol. The van der Waals surface area contributed by atoms with Crippen LogP contribution in [-0.2, 0) is 6.18 Å². The maximum atomic E-state index is 13.6. The van der Waals surface area contributed by atoms with Gasteiger partial charge >= 0.3 is 6.18 Å². The highest BCUT2D eigenvalue weighted by Crippen LogP contribution is 2.34. The van der Waals surface area contributed by atoms with Crippen molar-refractivity contribution >= 4 is 23.1 Å². The summed E-state index contributed by atoms with van der Waals surface area (Å²) in [5, 5.41) is 4.63. The number of halogens is 5. The minimum atomic E-state index is -4.63. The van der Waals surface area contributed by atoms with E-state index in [2.05, 4.69) is 15.6 Å². The molecule has 0 fully saturated rings. The molecule has 4 nitrogen and oxygen atoms in total. The SMILES string of the molecule is O=C(Nc1ccccc1C(F)(F)F)c1ccc(Nc2c(F)cccc2F)nc1. The number of benzene rings is 2. The van der Waals surface area contributed by atoms with E-state index in [1.807, 2.05) is 0 Å². The van der Waals surface area contributed by atoms with E-state index in [-0.39, 0.29) is 11.4 Å². The van der Waals surface area contributed by atoms with Crippen molar-refractivity contribution in [2.24, 2.45) is 0 Å². The molecule has 2 aromatic carbocycles. The fraction of sp³-hybridized carbons (Fsp3) is 0.0526. The van der Waals surface area contributed by atoms with Crippen molar-refractivity contribution in [1.82, 2.24) is 4.98 Å². The molecular weight excluding hydrogens is 381 g/mol. The quantitative estimate of drug-likeness (QED) is 0.586. The standard InChI is InChI=1S/C19H12F5N3O/c20-13-5-3-6-14(21)17(13)27-16-9-8-11(10-25-16)18(28)26-15-7-2-1-4-12(15)19(22,23)24/h1-10H,(H,25,27)(H,26,28). The Morgan fingerprint density at radius 3 is 2.18 bits per heavy atom. The second-order valence-electron chi connectivity index (χ2n) is 5.65. The number of carbonyl (C=O) groups is 1. The Morgan fingerprint density at radius 2 is 1.57 bits per heavy atom. The highest BCUT2D eigenvalue weighted by Gasteiger charge is 2.33. The largest absolute Gasteiger partial charge is 0.418 e. The normalized spacial score (nSPS) is 11.2. The molecule has 2 N–H and O–H groups in total. The van der Waals surface area contributed by atoms with Crippen LogP contribution in [0.15, 0.2) is 60.8 Å². The number of anilines is 3. The second kappa shape index (κ2) is 7.63. The average molecular weight is 393 g/mol. The Balaban J connectivity index is 1.77. The molecule has 0 radical (unpaired) electrons. The molecule has 3 aromatic rings. The van der Waals surface area contributed by atoms with Crippen LogP contribution in [0.25, 0.3) is 0 Å². The Labute approximate surface area is 156 Å². The number of amides is 1. The molecule has 0 aliphatic rings. The Bertz CT molecular complexity index is 983. The summed E-state index contributed by atoms with van der Waals surface area (Å²) in [5.74, 6) is -2.41. The predicted molar refractivity (Wildman–Crippen MR) is 93.3 cm³/mol. The minimum absolute atomic E-state index is 0.0310. The van der Waals surface area contributed by atoms with Crippen molar-refractivity contribution in [2.45, 2.75) is 6.18 Å². The molecule has 28 heavy (non-hydrogen) atoms. The van der Waals surface area contributed by atoms with Gasteiger partial charge in [-0.05, 0) is 36.4 Å². The molecule has 0 saturated carbocycles. The smallest absolute Gasteiger partial charge is 0.335 e. The van der Waals surface area contributed by atoms with Crippen LogP contribution in [0.5, 0.6) is 0 Å². The minimum Gasteiger partial charge on any atom is -0.335 e. The molecule has 1 aromatic heterocycles. The van der Waals surface area contributed by atoms with Crippen molar-refractivity contribution in [3.05, 3.63) is 83.6 Å². The number of hydrogen-bond acceptors (Lipinski definition) is 3. The Hall–Kier alpha value is -3.49. The number of pyridine rings is 1. The molecule has 3 rings (SSSR count). The van der Waals surface area contributed by atoms with Gasteiger partial charge in [-0.25, -0.2) is 13.8 Å². The molecule has 0 aliphatic heterocycles. The molecule has 0 saturated heterocycles. The lowest BCUT2D eigenvalue weighted by Gasteiger charge is -2.13. The van der Waals surface area contributed by atoms with Crippen LogP contribution in [0.4, 0.5) is 39.1 Å². The van der Waals surface area contributed by atoms with Gasteiger partial charge < -0.3 is 10.6 Å². The molecule has 144 valence electrons. The number of para-hydroxylation sites is 2. The summed E-state index contributed by atoms with van der Waals surface area (Å²) in [4.78, 5) is 16.1. The van der Waals surface area contributed by atoms with Crippen molar-refractivity contribution < 1.29 is 26.7 Å². The first kappa shape index (κ1) is 19.3. The number of nitrogens with one attached hydrogen (secondary N) is 2. The summed E-state index contributed by atoms with van der Waals surface area (Å²) in [6.07, 6.45) is -3.55. The fourth-order valence-corrected chi connectivity index (χ4v) is 2.38. The lowest BCUT2D eigenvalue weighted by molar-refractivity contribution is -0.136. The molecule has 0 spiro atoms. The number of carbonyl (C=O) groups excluding carboxylic acids is 1. The van der Waals surface area contributed by atoms with E-state index in [1.165, 1.54) is 30.3 Å². The zero-order valence-corrected chi connectivity index (χ0v) is 14.0. The van der Waals surface area contributed by atoms with Crippen LogP contribution in [0, 0.1) is 11.6 Å². The maximum absolute atomic E-state index is 13.6. The lowest BCUT2D eigenvalue weighted by atomic mass is 10.1. The van der Waals surface area contributed by atoms with Gasteiger partial charge in [0, 0.05) is 6.20 Å². The number of alkyl halides is 3. The van der Waals surface area contributed by atoms with E-state index in [0.717, 1.165) is 30.5 Å². The molecule has 0 unspecified atom stereocenters. The van der Waals surface area contributed by atoms with Gasteiger partial charge in [0.25, 0.3) is 5.91 Å². The number of hydrogen-bond donors (Lipinski definition) is 2. The lowest BCUT2D eigenvalue weighted by Crippen LogP contribution is -2.16. The molecule has 0 atom stereocenters. The van der Waals surface area contributed by atoms with Gasteiger partial charge in [-0.15, -0.1) is 0 Å². The molecule has 1 heterocycles. The molecule has 9 heteroatoms. The van der Waals surface area contributed by atoms with Gasteiger partial charge in [0.15, 0.2) is 0 Å². The van der Waals surface area contributed by atoms with Crippen LogP contribution in [0.1, 0.15) is 15.9 Å². The second-order valence-corrected chi connectivity index (χ2v) is 5.65. The van der Waals surface area contributed by atoms with Gasteiger partial charge in [-0.1, -0.05) is 18.2 Å². The average Bonchev–Trinajstić information content (AvgIpc) is 2.65. The van der Waals surface area contributed by atoms with Crippen molar-refractivity contribution in [1.29, 1.82) is 0 Å². The number of nitrogens with zero attached hydrogens (tertiary/aromatic N) is 1. The predicted octanol–water partition coefficient (Wildman–Crippen LogP) is 5.37. The van der Waals surface area contributed by atoms with Crippen LogP contribution in [0.2, 0.25) is 0 Å². The highest BCUT2D eigenvalue weighted by atomic mass is 19.4. The molecular formula is C19H12F5N3O. The van der Waals surface area contributed by atoms with Crippen LogP contribution < -0.4 is 10.6 Å². The third kappa shape index (κ3) is 4.25. The molecule has 0 bridgehead atoms.